The number of aryl methyl sites for hydroxylation is 2. The summed E-state index contributed by atoms with van der Waals surface area (Å²) in [7, 11) is -4.29. The molecule has 0 fully saturated rings. The first-order chi connectivity index (χ1) is 13.2. The van der Waals surface area contributed by atoms with Gasteiger partial charge in [0.2, 0.25) is 10.0 Å². The Kier molecular flexibility index (Phi) is 5.38. The Hall–Kier alpha value is -2.92. The second kappa shape index (κ2) is 7.60. The van der Waals surface area contributed by atoms with E-state index in [4.69, 9.17) is 0 Å². The lowest BCUT2D eigenvalue weighted by Gasteiger charge is -2.10. The van der Waals surface area contributed by atoms with Crippen molar-refractivity contribution in [1.82, 2.24) is 24.3 Å². The topological polar surface area (TPSA) is 98.9 Å². The van der Waals surface area contributed by atoms with Crippen LogP contribution in [0.3, 0.4) is 0 Å². The quantitative estimate of drug-likeness (QED) is 0.662. The lowest BCUT2D eigenvalue weighted by atomic mass is 10.3. The molecule has 0 saturated heterocycles. The molecule has 0 bridgehead atoms. The molecule has 0 saturated carbocycles. The first kappa shape index (κ1) is 19.8. The van der Waals surface area contributed by atoms with Crippen molar-refractivity contribution in [1.29, 1.82) is 0 Å². The van der Waals surface area contributed by atoms with Crippen LogP contribution in [-0.4, -0.2) is 34.5 Å². The van der Waals surface area contributed by atoms with Crippen LogP contribution in [-0.2, 0) is 16.6 Å². The standard InChI is InChI=1S/C17H17F2N5O3S/c1-11-9-12(2)24(21-11)16-5-6-17(25)23(22-16)8-7-20-28(26,27)15-10-13(18)3-4-14(15)19/h3-6,9-10,20H,7-8H2,1-2H3. The summed E-state index contributed by atoms with van der Waals surface area (Å²) in [6, 6.07) is 6.78. The second-order valence-electron chi connectivity index (χ2n) is 6.06. The zero-order valence-corrected chi connectivity index (χ0v) is 15.9. The van der Waals surface area contributed by atoms with Gasteiger partial charge in [-0.25, -0.2) is 31.3 Å². The molecule has 8 nitrogen and oxygen atoms in total. The van der Waals surface area contributed by atoms with Crippen LogP contribution in [0.25, 0.3) is 5.82 Å². The Bertz CT molecular complexity index is 1190. The predicted molar refractivity (Wildman–Crippen MR) is 96.6 cm³/mol. The average Bonchev–Trinajstić information content (AvgIpc) is 2.97. The number of halogens is 2. The number of sulfonamides is 1. The van der Waals surface area contributed by atoms with Crippen LogP contribution in [0.15, 0.2) is 46.1 Å². The van der Waals surface area contributed by atoms with Gasteiger partial charge in [-0.15, -0.1) is 5.10 Å². The van der Waals surface area contributed by atoms with Crippen LogP contribution < -0.4 is 10.3 Å². The van der Waals surface area contributed by atoms with Crippen molar-refractivity contribution in [2.24, 2.45) is 0 Å². The molecule has 3 rings (SSSR count). The normalized spacial score (nSPS) is 11.7. The Morgan fingerprint density at radius 2 is 1.82 bits per heavy atom. The molecule has 0 aliphatic heterocycles. The van der Waals surface area contributed by atoms with E-state index in [1.807, 2.05) is 19.9 Å². The first-order valence-corrected chi connectivity index (χ1v) is 9.72. The monoisotopic (exact) mass is 409 g/mol. The molecule has 0 atom stereocenters. The van der Waals surface area contributed by atoms with Gasteiger partial charge in [0.1, 0.15) is 16.5 Å². The minimum Gasteiger partial charge on any atom is -0.268 e. The van der Waals surface area contributed by atoms with Crippen LogP contribution in [0, 0.1) is 25.5 Å². The van der Waals surface area contributed by atoms with Gasteiger partial charge < -0.3 is 0 Å². The fourth-order valence-electron chi connectivity index (χ4n) is 2.62. The highest BCUT2D eigenvalue weighted by Gasteiger charge is 2.19. The maximum atomic E-state index is 13.7. The summed E-state index contributed by atoms with van der Waals surface area (Å²) in [5.74, 6) is -1.56. The number of hydrogen-bond donors (Lipinski definition) is 1. The molecule has 2 aromatic heterocycles. The predicted octanol–water partition coefficient (Wildman–Crippen LogP) is 1.30. The average molecular weight is 409 g/mol. The van der Waals surface area contributed by atoms with Crippen molar-refractivity contribution in [3.8, 4) is 5.82 Å². The summed E-state index contributed by atoms with van der Waals surface area (Å²) < 4.78 is 56.0. The third-order valence-electron chi connectivity index (χ3n) is 3.88. The maximum Gasteiger partial charge on any atom is 0.266 e. The number of nitrogens with one attached hydrogen (secondary N) is 1. The van der Waals surface area contributed by atoms with Crippen LogP contribution in [0.2, 0.25) is 0 Å². The van der Waals surface area contributed by atoms with Crippen LogP contribution in [0.1, 0.15) is 11.4 Å². The summed E-state index contributed by atoms with van der Waals surface area (Å²) in [6.45, 7) is 3.30. The fourth-order valence-corrected chi connectivity index (χ4v) is 3.73. The van der Waals surface area contributed by atoms with E-state index in [2.05, 4.69) is 14.9 Å². The van der Waals surface area contributed by atoms with Gasteiger partial charge in [-0.1, -0.05) is 0 Å². The molecular formula is C17H17F2N5O3S. The second-order valence-corrected chi connectivity index (χ2v) is 7.80. The van der Waals surface area contributed by atoms with Gasteiger partial charge in [-0.3, -0.25) is 4.79 Å². The summed E-state index contributed by atoms with van der Waals surface area (Å²) in [5, 5.41) is 8.45. The lowest BCUT2D eigenvalue weighted by Crippen LogP contribution is -2.32. The molecule has 0 unspecified atom stereocenters. The van der Waals surface area contributed by atoms with Gasteiger partial charge in [-0.05, 0) is 44.2 Å². The molecule has 2 heterocycles. The van der Waals surface area contributed by atoms with Crippen molar-refractivity contribution in [3.05, 3.63) is 69.8 Å². The minimum absolute atomic E-state index is 0.109. The van der Waals surface area contributed by atoms with E-state index < -0.39 is 32.1 Å². The maximum absolute atomic E-state index is 13.7. The number of rotatable bonds is 6. The first-order valence-electron chi connectivity index (χ1n) is 8.24. The molecular weight excluding hydrogens is 392 g/mol. The van der Waals surface area contributed by atoms with Crippen LogP contribution in [0.5, 0.6) is 0 Å². The molecule has 148 valence electrons. The van der Waals surface area contributed by atoms with Crippen molar-refractivity contribution in [3.63, 3.8) is 0 Å². The van der Waals surface area contributed by atoms with Crippen LogP contribution >= 0.6 is 0 Å². The highest BCUT2D eigenvalue weighted by molar-refractivity contribution is 7.89. The number of benzene rings is 1. The molecule has 0 aliphatic rings. The van der Waals surface area contributed by atoms with Crippen LogP contribution in [0.4, 0.5) is 8.78 Å². The van der Waals surface area contributed by atoms with Gasteiger partial charge in [0, 0.05) is 18.3 Å². The van der Waals surface area contributed by atoms with E-state index in [1.165, 1.54) is 12.1 Å². The van der Waals surface area contributed by atoms with Gasteiger partial charge >= 0.3 is 0 Å². The Labute approximate surface area is 159 Å². The SMILES string of the molecule is Cc1cc(C)n(-c2ccc(=O)n(CCNS(=O)(=O)c3cc(F)ccc3F)n2)n1. The zero-order valence-electron chi connectivity index (χ0n) is 15.1. The molecule has 0 amide bonds. The molecule has 1 aromatic carbocycles. The van der Waals surface area contributed by atoms with E-state index in [1.54, 1.807) is 4.68 Å². The van der Waals surface area contributed by atoms with Gasteiger partial charge in [-0.2, -0.15) is 5.10 Å². The molecule has 0 spiro atoms. The molecule has 3 aromatic rings. The van der Waals surface area contributed by atoms with Crippen molar-refractivity contribution in [2.75, 3.05) is 6.54 Å². The lowest BCUT2D eigenvalue weighted by molar-refractivity contribution is 0.528. The summed E-state index contributed by atoms with van der Waals surface area (Å²) in [6.07, 6.45) is 0. The highest BCUT2D eigenvalue weighted by Crippen LogP contribution is 2.15. The van der Waals surface area contributed by atoms with E-state index in [9.17, 15) is 22.0 Å². The smallest absolute Gasteiger partial charge is 0.266 e. The molecule has 28 heavy (non-hydrogen) atoms. The Morgan fingerprint density at radius 3 is 2.50 bits per heavy atom. The summed E-state index contributed by atoms with van der Waals surface area (Å²) in [5.41, 5.74) is 1.15. The summed E-state index contributed by atoms with van der Waals surface area (Å²) >= 11 is 0. The highest BCUT2D eigenvalue weighted by atomic mass is 32.2. The van der Waals surface area contributed by atoms with E-state index in [0.29, 0.717) is 11.9 Å². The molecule has 1 N–H and O–H groups in total. The molecule has 0 radical (unpaired) electrons. The third-order valence-corrected chi connectivity index (χ3v) is 5.35. The fraction of sp³-hybridized carbons (Fsp3) is 0.235. The van der Waals surface area contributed by atoms with Crippen molar-refractivity contribution >= 4 is 10.0 Å². The molecule has 11 heteroatoms. The number of nitrogens with zero attached hydrogens (tertiary/aromatic N) is 4. The van der Waals surface area contributed by atoms with E-state index in [-0.39, 0.29) is 13.1 Å². The largest absolute Gasteiger partial charge is 0.268 e. The van der Waals surface area contributed by atoms with E-state index in [0.717, 1.165) is 28.2 Å². The Morgan fingerprint density at radius 1 is 1.07 bits per heavy atom. The zero-order chi connectivity index (χ0) is 20.5. The number of hydrogen-bond acceptors (Lipinski definition) is 5. The third kappa shape index (κ3) is 4.15. The van der Waals surface area contributed by atoms with E-state index >= 15 is 0 Å². The Balaban J connectivity index is 1.78. The van der Waals surface area contributed by atoms with Gasteiger partial charge in [0.15, 0.2) is 5.82 Å². The van der Waals surface area contributed by atoms with Crippen molar-refractivity contribution in [2.45, 2.75) is 25.3 Å². The summed E-state index contributed by atoms with van der Waals surface area (Å²) in [4.78, 5) is 11.2. The van der Waals surface area contributed by atoms with Gasteiger partial charge in [0.05, 0.1) is 12.2 Å². The molecule has 0 aliphatic carbocycles. The van der Waals surface area contributed by atoms with Crippen molar-refractivity contribution < 1.29 is 17.2 Å². The van der Waals surface area contributed by atoms with Gasteiger partial charge in [0.25, 0.3) is 5.56 Å². The number of aromatic nitrogens is 4. The minimum atomic E-state index is -4.29.